The lowest BCUT2D eigenvalue weighted by Gasteiger charge is -2.16. The lowest BCUT2D eigenvalue weighted by molar-refractivity contribution is -0.0855. The second-order valence-electron chi connectivity index (χ2n) is 6.98. The van der Waals surface area contributed by atoms with E-state index in [-0.39, 0.29) is 28.8 Å². The first-order chi connectivity index (χ1) is 15.6. The predicted molar refractivity (Wildman–Crippen MR) is 119 cm³/mol. The number of pyridine rings is 3. The van der Waals surface area contributed by atoms with Crippen LogP contribution < -0.4 is 10.3 Å². The highest BCUT2D eigenvalue weighted by atomic mass is 35.5. The van der Waals surface area contributed by atoms with Crippen LogP contribution >= 0.6 is 11.6 Å². The molecule has 0 bridgehead atoms. The van der Waals surface area contributed by atoms with Gasteiger partial charge in [0.05, 0.1) is 19.0 Å². The molecule has 0 fully saturated rings. The van der Waals surface area contributed by atoms with Crippen molar-refractivity contribution in [1.29, 1.82) is 0 Å². The number of aromatic nitrogens is 3. The molecule has 0 saturated heterocycles. The molecule has 0 radical (unpaired) electrons. The molecule has 0 aliphatic heterocycles. The Morgan fingerprint density at radius 1 is 1.15 bits per heavy atom. The number of aldehydes is 1. The molecule has 176 valence electrons. The fraction of sp³-hybridized carbons (Fsp3) is 0.273. The molecule has 0 aliphatic carbocycles. The minimum absolute atomic E-state index is 0.0354. The third-order valence-corrected chi connectivity index (χ3v) is 4.72. The van der Waals surface area contributed by atoms with Crippen LogP contribution in [-0.4, -0.2) is 47.1 Å². The topological polar surface area (TPSA) is 86.6 Å². The minimum Gasteiger partial charge on any atom is -0.485 e. The van der Waals surface area contributed by atoms with E-state index in [0.29, 0.717) is 29.3 Å². The van der Waals surface area contributed by atoms with E-state index in [4.69, 9.17) is 16.3 Å². The molecule has 0 amide bonds. The average Bonchev–Trinajstić information content (AvgIpc) is 2.78. The quantitative estimate of drug-likeness (QED) is 0.393. The zero-order valence-corrected chi connectivity index (χ0v) is 19.5. The van der Waals surface area contributed by atoms with E-state index in [1.54, 1.807) is 26.0 Å². The van der Waals surface area contributed by atoms with Gasteiger partial charge < -0.3 is 9.57 Å². The smallest absolute Gasteiger partial charge is 0.277 e. The Balaban J connectivity index is 0.000000696. The summed E-state index contributed by atoms with van der Waals surface area (Å²) in [4.78, 5) is 35.9. The Kier molecular flexibility index (Phi) is 9.15. The van der Waals surface area contributed by atoms with Crippen LogP contribution in [0.4, 0.5) is 8.78 Å². The molecule has 3 aromatic heterocycles. The number of hydrogen-bond donors (Lipinski definition) is 0. The highest BCUT2D eigenvalue weighted by Gasteiger charge is 2.17. The monoisotopic (exact) mass is 480 g/mol. The largest absolute Gasteiger partial charge is 0.485 e. The highest BCUT2D eigenvalue weighted by Crippen LogP contribution is 2.25. The normalized spacial score (nSPS) is 10.6. The zero-order chi connectivity index (χ0) is 24.7. The third kappa shape index (κ3) is 6.64. The molecule has 0 atom stereocenters. The predicted octanol–water partition coefficient (Wildman–Crippen LogP) is 3.68. The van der Waals surface area contributed by atoms with Gasteiger partial charge in [-0.25, -0.2) is 8.78 Å². The first-order valence-electron chi connectivity index (χ1n) is 9.57. The molecule has 33 heavy (non-hydrogen) atoms. The Hall–Kier alpha value is -3.21. The number of nitrogens with zero attached hydrogens (tertiary/aromatic N) is 4. The molecule has 0 spiro atoms. The Morgan fingerprint density at radius 3 is 2.39 bits per heavy atom. The number of carbonyl (C=O) groups excluding carboxylic acids is 1. The summed E-state index contributed by atoms with van der Waals surface area (Å²) < 4.78 is 33.4. The van der Waals surface area contributed by atoms with Crippen molar-refractivity contribution in [3.8, 4) is 11.4 Å². The first-order valence-corrected chi connectivity index (χ1v) is 9.95. The van der Waals surface area contributed by atoms with Crippen molar-refractivity contribution in [1.82, 2.24) is 19.6 Å². The van der Waals surface area contributed by atoms with Crippen LogP contribution in [0.15, 0.2) is 35.4 Å². The molecule has 8 nitrogen and oxygen atoms in total. The second kappa shape index (κ2) is 11.6. The van der Waals surface area contributed by atoms with Crippen LogP contribution in [0.2, 0.25) is 5.02 Å². The Labute approximate surface area is 194 Å². The molecule has 11 heteroatoms. The lowest BCUT2D eigenvalue weighted by Crippen LogP contribution is -2.23. The summed E-state index contributed by atoms with van der Waals surface area (Å²) in [5, 5.41) is 1.40. The molecule has 0 unspecified atom stereocenters. The van der Waals surface area contributed by atoms with Gasteiger partial charge in [-0.05, 0) is 25.5 Å². The van der Waals surface area contributed by atoms with Gasteiger partial charge in [0.1, 0.15) is 34.6 Å². The van der Waals surface area contributed by atoms with Crippen molar-refractivity contribution in [3.63, 3.8) is 0 Å². The summed E-state index contributed by atoms with van der Waals surface area (Å²) in [6.45, 7) is 3.06. The van der Waals surface area contributed by atoms with Crippen molar-refractivity contribution in [3.05, 3.63) is 80.2 Å². The van der Waals surface area contributed by atoms with Gasteiger partial charge in [-0.1, -0.05) is 11.6 Å². The van der Waals surface area contributed by atoms with Crippen LogP contribution in [0.25, 0.3) is 5.69 Å². The van der Waals surface area contributed by atoms with Gasteiger partial charge in [0.2, 0.25) is 0 Å². The van der Waals surface area contributed by atoms with Gasteiger partial charge in [0.25, 0.3) is 5.56 Å². The summed E-state index contributed by atoms with van der Waals surface area (Å²) in [5.41, 5.74) is 1.07. The number of aryl methyl sites for hydroxylation is 2. The molecule has 3 aromatic rings. The van der Waals surface area contributed by atoms with Crippen LogP contribution in [0, 0.1) is 25.5 Å². The highest BCUT2D eigenvalue weighted by molar-refractivity contribution is 6.31. The van der Waals surface area contributed by atoms with Crippen molar-refractivity contribution in [2.24, 2.45) is 0 Å². The average molecular weight is 481 g/mol. The van der Waals surface area contributed by atoms with E-state index in [1.807, 2.05) is 14.1 Å². The number of rotatable bonds is 6. The summed E-state index contributed by atoms with van der Waals surface area (Å²) in [7, 11) is 5.29. The van der Waals surface area contributed by atoms with E-state index in [1.165, 1.54) is 22.9 Å². The Morgan fingerprint density at radius 2 is 1.82 bits per heavy atom. The SMILES string of the molecule is CON(C)C.Cc1cnc(C=O)cc1-n1c(C)cc(OCc2ncc(F)cc2F)c(Cl)c1=O. The first kappa shape index (κ1) is 26.0. The summed E-state index contributed by atoms with van der Waals surface area (Å²) in [5.74, 6) is -1.64. The van der Waals surface area contributed by atoms with Gasteiger partial charge in [0.15, 0.2) is 12.1 Å². The molecular weight excluding hydrogens is 458 g/mol. The maximum atomic E-state index is 13.7. The van der Waals surface area contributed by atoms with Crippen LogP contribution in [0.1, 0.15) is 27.4 Å². The van der Waals surface area contributed by atoms with Gasteiger partial charge in [-0.2, -0.15) is 5.06 Å². The number of hydrogen-bond acceptors (Lipinski definition) is 7. The maximum Gasteiger partial charge on any atom is 0.277 e. The van der Waals surface area contributed by atoms with E-state index >= 15 is 0 Å². The van der Waals surface area contributed by atoms with Crippen LogP contribution in [0.3, 0.4) is 0 Å². The molecule has 0 aliphatic rings. The summed E-state index contributed by atoms with van der Waals surface area (Å²) >= 11 is 6.16. The number of carbonyl (C=O) groups is 1. The number of hydroxylamine groups is 2. The van der Waals surface area contributed by atoms with Gasteiger partial charge in [-0.3, -0.25) is 24.1 Å². The van der Waals surface area contributed by atoms with Crippen molar-refractivity contribution >= 4 is 17.9 Å². The van der Waals surface area contributed by atoms with E-state index in [2.05, 4.69) is 14.8 Å². The van der Waals surface area contributed by atoms with E-state index < -0.39 is 17.2 Å². The third-order valence-electron chi connectivity index (χ3n) is 4.37. The molecule has 0 aromatic carbocycles. The van der Waals surface area contributed by atoms with E-state index in [0.717, 1.165) is 6.20 Å². The fourth-order valence-electron chi connectivity index (χ4n) is 2.62. The van der Waals surface area contributed by atoms with Gasteiger partial charge in [-0.15, -0.1) is 0 Å². The molecule has 3 heterocycles. The fourth-order valence-corrected chi connectivity index (χ4v) is 2.81. The Bertz CT molecular complexity index is 1200. The van der Waals surface area contributed by atoms with Gasteiger partial charge in [0, 0.05) is 38.1 Å². The van der Waals surface area contributed by atoms with Gasteiger partial charge >= 0.3 is 0 Å². The van der Waals surface area contributed by atoms with Crippen LogP contribution in [-0.2, 0) is 11.4 Å². The molecule has 0 N–H and O–H groups in total. The maximum absolute atomic E-state index is 13.7. The van der Waals surface area contributed by atoms with Crippen LogP contribution in [0.5, 0.6) is 5.75 Å². The van der Waals surface area contributed by atoms with Crippen molar-refractivity contribution < 1.29 is 23.1 Å². The van der Waals surface area contributed by atoms with E-state index in [9.17, 15) is 18.4 Å². The van der Waals surface area contributed by atoms with Crippen molar-refractivity contribution in [2.45, 2.75) is 20.5 Å². The van der Waals surface area contributed by atoms with Crippen molar-refractivity contribution in [2.75, 3.05) is 21.2 Å². The second-order valence-corrected chi connectivity index (χ2v) is 7.36. The number of halogens is 3. The summed E-state index contributed by atoms with van der Waals surface area (Å²) in [6, 6.07) is 3.67. The number of ether oxygens (including phenoxy) is 1. The molecule has 0 saturated carbocycles. The lowest BCUT2D eigenvalue weighted by atomic mass is 10.2. The zero-order valence-electron chi connectivity index (χ0n) is 18.7. The standard InChI is InChI=1S/C19H14ClF2N3O3.C3H9NO/c1-10-6-23-13(8-26)5-16(10)25-11(2)3-17(18(20)19(25)27)28-9-15-14(22)4-12(21)7-24-15;1-4(2)5-3/h3-8H,9H2,1-2H3;1-3H3. The molecular formula is C22H23ClF2N4O4. The molecule has 3 rings (SSSR count). The summed E-state index contributed by atoms with van der Waals surface area (Å²) in [6.07, 6.45) is 2.92. The minimum atomic E-state index is -0.866.